The van der Waals surface area contributed by atoms with E-state index in [4.69, 9.17) is 9.47 Å². The number of hydrogen-bond acceptors (Lipinski definition) is 4. The molecule has 0 saturated carbocycles. The standard InChI is InChI=1S/C15H24N2O2/c1-3-13-4-5-14(16-10-13)11-17-7-9-19-15(12-17)6-8-18-2/h4-5,10,15H,3,6-9,11-12H2,1-2H3/t15-/m0/s1. The maximum Gasteiger partial charge on any atom is 0.0724 e. The molecular formula is C15H24N2O2. The molecule has 0 bridgehead atoms. The molecule has 1 atom stereocenters. The van der Waals surface area contributed by atoms with Gasteiger partial charge < -0.3 is 9.47 Å². The molecular weight excluding hydrogens is 240 g/mol. The Hall–Kier alpha value is -0.970. The van der Waals surface area contributed by atoms with E-state index in [1.165, 1.54) is 5.56 Å². The molecule has 106 valence electrons. The number of nitrogens with zero attached hydrogens (tertiary/aromatic N) is 2. The smallest absolute Gasteiger partial charge is 0.0724 e. The molecule has 2 rings (SSSR count). The number of hydrogen-bond donors (Lipinski definition) is 0. The fourth-order valence-corrected chi connectivity index (χ4v) is 2.33. The molecule has 1 aromatic rings. The van der Waals surface area contributed by atoms with E-state index >= 15 is 0 Å². The van der Waals surface area contributed by atoms with E-state index in [0.29, 0.717) is 6.10 Å². The van der Waals surface area contributed by atoms with Crippen molar-refractivity contribution >= 4 is 0 Å². The summed E-state index contributed by atoms with van der Waals surface area (Å²) in [5, 5.41) is 0. The van der Waals surface area contributed by atoms with Crippen molar-refractivity contribution in [1.29, 1.82) is 0 Å². The Labute approximate surface area is 115 Å². The second kappa shape index (κ2) is 7.58. The molecule has 1 aliphatic rings. The number of ether oxygens (including phenoxy) is 2. The van der Waals surface area contributed by atoms with Gasteiger partial charge in [0.15, 0.2) is 0 Å². The van der Waals surface area contributed by atoms with Gasteiger partial charge in [-0.2, -0.15) is 0 Å². The lowest BCUT2D eigenvalue weighted by Gasteiger charge is -2.32. The fraction of sp³-hybridized carbons (Fsp3) is 0.667. The van der Waals surface area contributed by atoms with Crippen LogP contribution in [-0.4, -0.2) is 49.4 Å². The molecule has 1 aromatic heterocycles. The summed E-state index contributed by atoms with van der Waals surface area (Å²) in [6.07, 6.45) is 4.29. The summed E-state index contributed by atoms with van der Waals surface area (Å²) in [4.78, 5) is 6.94. The topological polar surface area (TPSA) is 34.6 Å². The molecule has 0 amide bonds. The van der Waals surface area contributed by atoms with Crippen molar-refractivity contribution < 1.29 is 9.47 Å². The van der Waals surface area contributed by atoms with E-state index in [2.05, 4.69) is 28.9 Å². The fourth-order valence-electron chi connectivity index (χ4n) is 2.33. The van der Waals surface area contributed by atoms with E-state index < -0.39 is 0 Å². The minimum atomic E-state index is 0.295. The van der Waals surface area contributed by atoms with Gasteiger partial charge in [0.25, 0.3) is 0 Å². The van der Waals surface area contributed by atoms with Crippen molar-refractivity contribution in [2.75, 3.05) is 33.4 Å². The van der Waals surface area contributed by atoms with Gasteiger partial charge in [-0.25, -0.2) is 0 Å². The van der Waals surface area contributed by atoms with Crippen LogP contribution in [-0.2, 0) is 22.4 Å². The first-order chi connectivity index (χ1) is 9.31. The Bertz CT molecular complexity index is 367. The predicted octanol–water partition coefficient (Wildman–Crippen LogP) is 1.88. The Morgan fingerprint density at radius 3 is 3.05 bits per heavy atom. The maximum atomic E-state index is 5.74. The van der Waals surface area contributed by atoms with Crippen molar-refractivity contribution in [2.45, 2.75) is 32.4 Å². The first kappa shape index (κ1) is 14.4. The molecule has 0 N–H and O–H groups in total. The SMILES string of the molecule is CCc1ccc(CN2CCO[C@@H](CCOC)C2)nc1. The molecule has 0 spiro atoms. The Kier molecular flexibility index (Phi) is 5.76. The number of pyridine rings is 1. The molecule has 1 saturated heterocycles. The predicted molar refractivity (Wildman–Crippen MR) is 75.1 cm³/mol. The average Bonchev–Trinajstić information content (AvgIpc) is 2.46. The van der Waals surface area contributed by atoms with Gasteiger partial charge in [-0.1, -0.05) is 13.0 Å². The third-order valence-corrected chi connectivity index (χ3v) is 3.55. The van der Waals surface area contributed by atoms with Gasteiger partial charge in [-0.05, 0) is 24.5 Å². The first-order valence-electron chi connectivity index (χ1n) is 7.08. The third-order valence-electron chi connectivity index (χ3n) is 3.55. The van der Waals surface area contributed by atoms with Gasteiger partial charge in [-0.15, -0.1) is 0 Å². The van der Waals surface area contributed by atoms with E-state index in [0.717, 1.165) is 51.4 Å². The third kappa shape index (κ3) is 4.56. The van der Waals surface area contributed by atoms with Crippen LogP contribution in [0, 0.1) is 0 Å². The number of methoxy groups -OCH3 is 1. The lowest BCUT2D eigenvalue weighted by atomic mass is 10.2. The molecule has 1 aliphatic heterocycles. The summed E-state index contributed by atoms with van der Waals surface area (Å²) in [5.41, 5.74) is 2.44. The highest BCUT2D eigenvalue weighted by Crippen LogP contribution is 2.12. The van der Waals surface area contributed by atoms with Gasteiger partial charge in [0, 0.05) is 39.5 Å². The van der Waals surface area contributed by atoms with Crippen LogP contribution in [0.2, 0.25) is 0 Å². The van der Waals surface area contributed by atoms with E-state index in [1.807, 2.05) is 6.20 Å². The molecule has 0 aliphatic carbocycles. The molecule has 19 heavy (non-hydrogen) atoms. The Morgan fingerprint density at radius 2 is 2.37 bits per heavy atom. The minimum absolute atomic E-state index is 0.295. The summed E-state index contributed by atoms with van der Waals surface area (Å²) >= 11 is 0. The highest BCUT2D eigenvalue weighted by atomic mass is 16.5. The molecule has 1 fully saturated rings. The Balaban J connectivity index is 1.83. The highest BCUT2D eigenvalue weighted by Gasteiger charge is 2.20. The maximum absolute atomic E-state index is 5.74. The number of rotatable bonds is 6. The normalized spacial score (nSPS) is 20.6. The number of aromatic nitrogens is 1. The Morgan fingerprint density at radius 1 is 1.47 bits per heavy atom. The van der Waals surface area contributed by atoms with Crippen molar-refractivity contribution in [3.63, 3.8) is 0 Å². The number of morpholine rings is 1. The molecule has 4 heteroatoms. The first-order valence-corrected chi connectivity index (χ1v) is 7.08. The molecule has 0 unspecified atom stereocenters. The lowest BCUT2D eigenvalue weighted by Crippen LogP contribution is -2.42. The van der Waals surface area contributed by atoms with Crippen molar-refractivity contribution in [3.05, 3.63) is 29.6 Å². The van der Waals surface area contributed by atoms with Crippen LogP contribution in [0.1, 0.15) is 24.6 Å². The molecule has 4 nitrogen and oxygen atoms in total. The van der Waals surface area contributed by atoms with Crippen LogP contribution < -0.4 is 0 Å². The number of aryl methyl sites for hydroxylation is 1. The molecule has 0 radical (unpaired) electrons. The summed E-state index contributed by atoms with van der Waals surface area (Å²) in [7, 11) is 1.74. The summed E-state index contributed by atoms with van der Waals surface area (Å²) in [6.45, 7) is 6.60. The van der Waals surface area contributed by atoms with Gasteiger partial charge in [0.2, 0.25) is 0 Å². The van der Waals surface area contributed by atoms with Crippen LogP contribution in [0.4, 0.5) is 0 Å². The van der Waals surface area contributed by atoms with Crippen LogP contribution in [0.5, 0.6) is 0 Å². The van der Waals surface area contributed by atoms with E-state index in [9.17, 15) is 0 Å². The average molecular weight is 264 g/mol. The van der Waals surface area contributed by atoms with Crippen molar-refractivity contribution in [2.24, 2.45) is 0 Å². The summed E-state index contributed by atoms with van der Waals surface area (Å²) in [5.74, 6) is 0. The molecule has 2 heterocycles. The van der Waals surface area contributed by atoms with E-state index in [1.54, 1.807) is 7.11 Å². The quantitative estimate of drug-likeness (QED) is 0.786. The monoisotopic (exact) mass is 264 g/mol. The summed E-state index contributed by atoms with van der Waals surface area (Å²) < 4.78 is 10.9. The van der Waals surface area contributed by atoms with Crippen molar-refractivity contribution in [3.8, 4) is 0 Å². The molecule has 0 aromatic carbocycles. The van der Waals surface area contributed by atoms with Gasteiger partial charge in [-0.3, -0.25) is 9.88 Å². The second-order valence-electron chi connectivity index (χ2n) is 5.02. The lowest BCUT2D eigenvalue weighted by molar-refractivity contribution is -0.0435. The van der Waals surface area contributed by atoms with Gasteiger partial charge in [0.05, 0.1) is 18.4 Å². The van der Waals surface area contributed by atoms with Crippen LogP contribution in [0.25, 0.3) is 0 Å². The zero-order valence-corrected chi connectivity index (χ0v) is 12.0. The zero-order valence-electron chi connectivity index (χ0n) is 12.0. The van der Waals surface area contributed by atoms with Gasteiger partial charge >= 0.3 is 0 Å². The summed E-state index contributed by atoms with van der Waals surface area (Å²) in [6, 6.07) is 4.31. The second-order valence-corrected chi connectivity index (χ2v) is 5.02. The highest BCUT2D eigenvalue weighted by molar-refractivity contribution is 5.13. The van der Waals surface area contributed by atoms with E-state index in [-0.39, 0.29) is 0 Å². The van der Waals surface area contributed by atoms with Crippen LogP contribution in [0.15, 0.2) is 18.3 Å². The largest absolute Gasteiger partial charge is 0.385 e. The van der Waals surface area contributed by atoms with Crippen molar-refractivity contribution in [1.82, 2.24) is 9.88 Å². The zero-order chi connectivity index (χ0) is 13.5. The van der Waals surface area contributed by atoms with Crippen LogP contribution >= 0.6 is 0 Å². The minimum Gasteiger partial charge on any atom is -0.385 e. The van der Waals surface area contributed by atoms with Gasteiger partial charge in [0.1, 0.15) is 0 Å². The van der Waals surface area contributed by atoms with Crippen LogP contribution in [0.3, 0.4) is 0 Å².